The lowest BCUT2D eigenvalue weighted by Crippen LogP contribution is -2.60. The molecule has 0 amide bonds. The Hall–Kier alpha value is -1.94. The molecule has 1 aromatic rings. The van der Waals surface area contributed by atoms with Gasteiger partial charge in [0.15, 0.2) is 0 Å². The Bertz CT molecular complexity index is 777. The van der Waals surface area contributed by atoms with Crippen LogP contribution in [0.1, 0.15) is 64.5 Å². The number of anilines is 1. The Morgan fingerprint density at radius 2 is 2.04 bits per heavy atom. The zero-order valence-electron chi connectivity index (χ0n) is 18.4. The molecule has 3 nitrogen and oxygen atoms in total. The summed E-state index contributed by atoms with van der Waals surface area (Å²) in [5, 5.41) is 0. The molecular weight excluding hydrogens is 351 g/mol. The molecule has 1 atom stereocenters. The number of nitrogens with zero attached hydrogens (tertiary/aromatic N) is 2. The van der Waals surface area contributed by atoms with Crippen molar-refractivity contribution in [3.63, 3.8) is 0 Å². The van der Waals surface area contributed by atoms with Crippen molar-refractivity contribution in [2.45, 2.75) is 58.9 Å². The quantitative estimate of drug-likeness (QED) is 0.294. The highest BCUT2D eigenvalue weighted by Gasteiger charge is 2.44. The van der Waals surface area contributed by atoms with Gasteiger partial charge in [-0.2, -0.15) is 0 Å². The van der Waals surface area contributed by atoms with Crippen molar-refractivity contribution >= 4 is 17.0 Å². The molecule has 4 heteroatoms. The fourth-order valence-electron chi connectivity index (χ4n) is 4.15. The molecule has 1 fully saturated rings. The van der Waals surface area contributed by atoms with E-state index in [-0.39, 0.29) is 11.4 Å². The maximum Gasteiger partial charge on any atom is 0.147 e. The topological polar surface area (TPSA) is 24.8 Å². The summed E-state index contributed by atoms with van der Waals surface area (Å²) in [5.41, 5.74) is 5.56. The summed E-state index contributed by atoms with van der Waals surface area (Å²) in [7, 11) is 3.50. The molecule has 1 heterocycles. The van der Waals surface area contributed by atoms with Gasteiger partial charge in [-0.15, -0.1) is 0 Å². The summed E-state index contributed by atoms with van der Waals surface area (Å²) in [6.45, 7) is 13.9. The van der Waals surface area contributed by atoms with Gasteiger partial charge < -0.3 is 9.64 Å². The summed E-state index contributed by atoms with van der Waals surface area (Å²) >= 11 is 0. The van der Waals surface area contributed by atoms with E-state index in [4.69, 9.17) is 4.74 Å². The molecule has 0 bridgehead atoms. The summed E-state index contributed by atoms with van der Waals surface area (Å²) in [4.78, 5) is 6.59. The van der Waals surface area contributed by atoms with Crippen LogP contribution in [0.25, 0.3) is 5.57 Å². The van der Waals surface area contributed by atoms with Gasteiger partial charge in [0, 0.05) is 44.1 Å². The van der Waals surface area contributed by atoms with Crippen molar-refractivity contribution in [2.24, 2.45) is 4.99 Å². The van der Waals surface area contributed by atoms with Gasteiger partial charge in [0.25, 0.3) is 0 Å². The maximum absolute atomic E-state index is 15.1. The van der Waals surface area contributed by atoms with Crippen LogP contribution in [0, 0.1) is 5.82 Å². The number of methoxy groups -OCH3 is 1. The molecule has 0 aliphatic carbocycles. The SMILES string of the molecule is C=C(C)c1cc(F)c(N2CCC2(CC)C/C(C)=C\CCOC)cc1/C(C)=N\C. The van der Waals surface area contributed by atoms with Gasteiger partial charge >= 0.3 is 0 Å². The number of aliphatic imine (C=N–C) groups is 1. The highest BCUT2D eigenvalue weighted by atomic mass is 19.1. The molecule has 1 aliphatic heterocycles. The standard InChI is InChI=1S/C24H35FN2O/c1-8-24(16-18(4)10-9-13-28-7)11-12-27(24)23-15-21(19(5)26-6)20(17(2)3)14-22(23)25/h10,14-15H,2,8-9,11-13,16H2,1,3-7H3/b18-10-,26-19-. The van der Waals surface area contributed by atoms with Gasteiger partial charge in [-0.1, -0.05) is 30.7 Å². The van der Waals surface area contributed by atoms with E-state index in [1.807, 2.05) is 19.9 Å². The van der Waals surface area contributed by atoms with Gasteiger partial charge in [-0.25, -0.2) is 4.39 Å². The van der Waals surface area contributed by atoms with Crippen LogP contribution in [-0.4, -0.2) is 38.6 Å². The lowest BCUT2D eigenvalue weighted by Gasteiger charge is -2.55. The van der Waals surface area contributed by atoms with Crippen molar-refractivity contribution in [1.29, 1.82) is 0 Å². The molecule has 0 radical (unpaired) electrons. The molecular formula is C24H35FN2O. The van der Waals surface area contributed by atoms with Gasteiger partial charge in [-0.05, 0) is 64.2 Å². The fourth-order valence-corrected chi connectivity index (χ4v) is 4.15. The Balaban J connectivity index is 2.40. The van der Waals surface area contributed by atoms with Crippen LogP contribution >= 0.6 is 0 Å². The largest absolute Gasteiger partial charge is 0.384 e. The average molecular weight is 387 g/mol. The van der Waals surface area contributed by atoms with Crippen molar-refractivity contribution in [2.75, 3.05) is 32.2 Å². The lowest BCUT2D eigenvalue weighted by molar-refractivity contribution is 0.204. The lowest BCUT2D eigenvalue weighted by atomic mass is 9.76. The number of ether oxygens (including phenoxy) is 1. The highest BCUT2D eigenvalue weighted by molar-refractivity contribution is 6.03. The Labute approximate surface area is 170 Å². The van der Waals surface area contributed by atoms with Crippen LogP contribution in [0.15, 0.2) is 35.4 Å². The van der Waals surface area contributed by atoms with Crippen molar-refractivity contribution in [3.05, 3.63) is 47.3 Å². The second-order valence-corrected chi connectivity index (χ2v) is 7.93. The van der Waals surface area contributed by atoms with Crippen LogP contribution in [0.5, 0.6) is 0 Å². The number of rotatable bonds is 9. The predicted octanol–water partition coefficient (Wildman–Crippen LogP) is 6.03. The summed E-state index contributed by atoms with van der Waals surface area (Å²) in [6.07, 6.45) is 6.18. The molecule has 0 N–H and O–H groups in total. The third-order valence-corrected chi connectivity index (χ3v) is 6.02. The Morgan fingerprint density at radius 3 is 2.54 bits per heavy atom. The van der Waals surface area contributed by atoms with Crippen LogP contribution in [-0.2, 0) is 4.74 Å². The zero-order chi connectivity index (χ0) is 20.9. The number of hydrogen-bond donors (Lipinski definition) is 0. The van der Waals surface area contributed by atoms with E-state index in [2.05, 4.69) is 36.4 Å². The van der Waals surface area contributed by atoms with E-state index in [0.29, 0.717) is 5.69 Å². The molecule has 1 aliphatic rings. The Kier molecular flexibility index (Phi) is 7.59. The first-order chi connectivity index (χ1) is 13.3. The number of benzene rings is 1. The van der Waals surface area contributed by atoms with Crippen LogP contribution in [0.2, 0.25) is 0 Å². The maximum atomic E-state index is 15.1. The Morgan fingerprint density at radius 1 is 1.32 bits per heavy atom. The van der Waals surface area contributed by atoms with Crippen molar-refractivity contribution in [3.8, 4) is 0 Å². The van der Waals surface area contributed by atoms with Crippen molar-refractivity contribution in [1.82, 2.24) is 0 Å². The number of allylic oxidation sites excluding steroid dienone is 1. The van der Waals surface area contributed by atoms with E-state index in [9.17, 15) is 0 Å². The van der Waals surface area contributed by atoms with E-state index in [0.717, 1.165) is 61.2 Å². The first kappa shape index (κ1) is 22.4. The molecule has 0 spiro atoms. The van der Waals surface area contributed by atoms with E-state index < -0.39 is 0 Å². The second kappa shape index (κ2) is 9.51. The van der Waals surface area contributed by atoms with E-state index in [1.165, 1.54) is 5.57 Å². The molecule has 0 saturated carbocycles. The predicted molar refractivity (Wildman–Crippen MR) is 119 cm³/mol. The highest BCUT2D eigenvalue weighted by Crippen LogP contribution is 2.44. The van der Waals surface area contributed by atoms with Gasteiger partial charge in [-0.3, -0.25) is 4.99 Å². The molecule has 1 unspecified atom stereocenters. The molecule has 1 saturated heterocycles. The zero-order valence-corrected chi connectivity index (χ0v) is 18.4. The molecule has 28 heavy (non-hydrogen) atoms. The molecule has 1 aromatic carbocycles. The molecule has 2 rings (SSSR count). The summed E-state index contributed by atoms with van der Waals surface area (Å²) in [6, 6.07) is 3.59. The second-order valence-electron chi connectivity index (χ2n) is 7.93. The fraction of sp³-hybridized carbons (Fsp3) is 0.542. The van der Waals surface area contributed by atoms with Crippen LogP contribution in [0.4, 0.5) is 10.1 Å². The van der Waals surface area contributed by atoms with Crippen LogP contribution < -0.4 is 4.90 Å². The van der Waals surface area contributed by atoms with Gasteiger partial charge in [0.05, 0.1) is 5.69 Å². The van der Waals surface area contributed by atoms with Crippen LogP contribution in [0.3, 0.4) is 0 Å². The van der Waals surface area contributed by atoms with E-state index in [1.54, 1.807) is 20.2 Å². The number of hydrogen-bond acceptors (Lipinski definition) is 3. The molecule has 0 aromatic heterocycles. The third-order valence-electron chi connectivity index (χ3n) is 6.02. The first-order valence-corrected chi connectivity index (χ1v) is 10.1. The first-order valence-electron chi connectivity index (χ1n) is 10.1. The minimum Gasteiger partial charge on any atom is -0.384 e. The normalized spacial score (nSPS) is 20.3. The van der Waals surface area contributed by atoms with Gasteiger partial charge in [0.1, 0.15) is 5.82 Å². The third kappa shape index (κ3) is 4.54. The van der Waals surface area contributed by atoms with E-state index >= 15 is 4.39 Å². The monoisotopic (exact) mass is 386 g/mol. The number of halogens is 1. The summed E-state index contributed by atoms with van der Waals surface area (Å²) < 4.78 is 20.3. The van der Waals surface area contributed by atoms with Crippen molar-refractivity contribution < 1.29 is 9.13 Å². The van der Waals surface area contributed by atoms with Gasteiger partial charge in [0.2, 0.25) is 0 Å². The average Bonchev–Trinajstić information content (AvgIpc) is 2.65. The minimum atomic E-state index is -0.177. The molecule has 154 valence electrons. The minimum absolute atomic E-state index is 0.0201. The summed E-state index contributed by atoms with van der Waals surface area (Å²) in [5.74, 6) is -0.177. The smallest absolute Gasteiger partial charge is 0.147 e.